The number of aryl methyl sites for hydroxylation is 1. The van der Waals surface area contributed by atoms with Crippen molar-refractivity contribution < 1.29 is 14.6 Å². The molecule has 0 aliphatic rings. The molecule has 1 heterocycles. The van der Waals surface area contributed by atoms with E-state index in [1.54, 1.807) is 22.9 Å². The number of carbonyl (C=O) groups is 1. The lowest BCUT2D eigenvalue weighted by molar-refractivity contribution is -0.137. The lowest BCUT2D eigenvalue weighted by Gasteiger charge is -2.10. The maximum atomic E-state index is 12.1. The van der Waals surface area contributed by atoms with Crippen molar-refractivity contribution in [2.24, 2.45) is 5.92 Å². The van der Waals surface area contributed by atoms with E-state index in [0.29, 0.717) is 37.7 Å². The van der Waals surface area contributed by atoms with Gasteiger partial charge in [0.15, 0.2) is 5.75 Å². The Labute approximate surface area is 119 Å². The Morgan fingerprint density at radius 1 is 1.40 bits per heavy atom. The summed E-state index contributed by atoms with van der Waals surface area (Å²) < 4.78 is 7.08. The first-order valence-corrected chi connectivity index (χ1v) is 7.04. The molecule has 0 unspecified atom stereocenters. The zero-order valence-corrected chi connectivity index (χ0v) is 12.2. The smallest absolute Gasteiger partial charge is 0.303 e. The maximum Gasteiger partial charge on any atom is 0.303 e. The molecule has 5 heteroatoms. The minimum Gasteiger partial charge on any atom is -0.488 e. The number of carboxylic acid groups (broad SMARTS) is 1. The largest absolute Gasteiger partial charge is 0.488 e. The average Bonchev–Trinajstić information content (AvgIpc) is 2.37. The second-order valence-corrected chi connectivity index (χ2v) is 5.25. The monoisotopic (exact) mass is 281 g/mol. The predicted octanol–water partition coefficient (Wildman–Crippen LogP) is 2.53. The Morgan fingerprint density at radius 3 is 2.80 bits per heavy atom. The number of aromatic nitrogens is 1. The Morgan fingerprint density at radius 2 is 2.15 bits per heavy atom. The highest BCUT2D eigenvalue weighted by Crippen LogP contribution is 2.06. The Kier molecular flexibility index (Phi) is 6.84. The number of rotatable bonds is 9. The number of pyridine rings is 1. The van der Waals surface area contributed by atoms with Gasteiger partial charge in [-0.15, -0.1) is 0 Å². The van der Waals surface area contributed by atoms with E-state index < -0.39 is 5.97 Å². The molecule has 1 rings (SSSR count). The van der Waals surface area contributed by atoms with Gasteiger partial charge >= 0.3 is 5.97 Å². The summed E-state index contributed by atoms with van der Waals surface area (Å²) in [6.45, 7) is 5.27. The molecule has 0 fully saturated rings. The molecule has 0 saturated carbocycles. The first kappa shape index (κ1) is 16.3. The van der Waals surface area contributed by atoms with Gasteiger partial charge in [0.05, 0.1) is 6.61 Å². The number of nitrogens with zero attached hydrogens (tertiary/aromatic N) is 1. The zero-order valence-electron chi connectivity index (χ0n) is 12.2. The van der Waals surface area contributed by atoms with Crippen molar-refractivity contribution in [2.75, 3.05) is 6.61 Å². The summed E-state index contributed by atoms with van der Waals surface area (Å²) in [5.41, 5.74) is -0.147. The fraction of sp³-hybridized carbons (Fsp3) is 0.600. The van der Waals surface area contributed by atoms with Crippen molar-refractivity contribution in [1.82, 2.24) is 4.57 Å². The number of hydrogen-bond donors (Lipinski definition) is 1. The van der Waals surface area contributed by atoms with Gasteiger partial charge in [0.2, 0.25) is 0 Å². The van der Waals surface area contributed by atoms with Gasteiger partial charge in [0.1, 0.15) is 0 Å². The molecule has 0 aliphatic carbocycles. The van der Waals surface area contributed by atoms with Crippen molar-refractivity contribution in [2.45, 2.75) is 46.1 Å². The number of unbranched alkanes of at least 4 members (excludes halogenated alkanes) is 1. The standard InChI is InChI=1S/C15H23NO4/c1-12(2)8-11-20-13-6-5-10-16(15(13)19)9-4-3-7-14(17)18/h5-6,10,12H,3-4,7-9,11H2,1-2H3,(H,17,18). The van der Waals surface area contributed by atoms with E-state index in [9.17, 15) is 9.59 Å². The molecule has 1 aromatic rings. The highest BCUT2D eigenvalue weighted by atomic mass is 16.5. The van der Waals surface area contributed by atoms with Crippen LogP contribution in [0.3, 0.4) is 0 Å². The van der Waals surface area contributed by atoms with Gasteiger partial charge in [-0.2, -0.15) is 0 Å². The molecule has 0 atom stereocenters. The highest BCUT2D eigenvalue weighted by Gasteiger charge is 2.05. The van der Waals surface area contributed by atoms with E-state index in [4.69, 9.17) is 9.84 Å². The van der Waals surface area contributed by atoms with Crippen LogP contribution in [0.4, 0.5) is 0 Å². The second kappa shape index (κ2) is 8.40. The van der Waals surface area contributed by atoms with Crippen LogP contribution in [0.25, 0.3) is 0 Å². The van der Waals surface area contributed by atoms with Gasteiger partial charge < -0.3 is 14.4 Å². The van der Waals surface area contributed by atoms with Gasteiger partial charge in [-0.25, -0.2) is 0 Å². The molecule has 1 N–H and O–H groups in total. The summed E-state index contributed by atoms with van der Waals surface area (Å²) in [7, 11) is 0. The topological polar surface area (TPSA) is 68.5 Å². The first-order valence-electron chi connectivity index (χ1n) is 7.04. The highest BCUT2D eigenvalue weighted by molar-refractivity contribution is 5.66. The molecule has 0 bridgehead atoms. The van der Waals surface area contributed by atoms with Gasteiger partial charge in [-0.05, 0) is 37.3 Å². The second-order valence-electron chi connectivity index (χ2n) is 5.25. The van der Waals surface area contributed by atoms with Crippen LogP contribution in [0.5, 0.6) is 5.75 Å². The Hall–Kier alpha value is -1.78. The maximum absolute atomic E-state index is 12.1. The molecule has 0 saturated heterocycles. The fourth-order valence-corrected chi connectivity index (χ4v) is 1.76. The van der Waals surface area contributed by atoms with Crippen LogP contribution in [0.1, 0.15) is 39.5 Å². The summed E-state index contributed by atoms with van der Waals surface area (Å²) in [6.07, 6.45) is 3.99. The third-order valence-electron chi connectivity index (χ3n) is 2.98. The summed E-state index contributed by atoms with van der Waals surface area (Å²) in [6, 6.07) is 3.46. The normalized spacial score (nSPS) is 10.8. The van der Waals surface area contributed by atoms with Crippen LogP contribution >= 0.6 is 0 Å². The number of ether oxygens (including phenoxy) is 1. The van der Waals surface area contributed by atoms with Crippen LogP contribution in [0.15, 0.2) is 23.1 Å². The lowest BCUT2D eigenvalue weighted by Crippen LogP contribution is -2.22. The summed E-state index contributed by atoms with van der Waals surface area (Å²) in [5, 5.41) is 8.56. The Bertz CT molecular complexity index is 479. The van der Waals surface area contributed by atoms with Gasteiger partial charge in [0.25, 0.3) is 5.56 Å². The van der Waals surface area contributed by atoms with E-state index in [2.05, 4.69) is 13.8 Å². The van der Waals surface area contributed by atoms with E-state index >= 15 is 0 Å². The summed E-state index contributed by atoms with van der Waals surface area (Å²) in [4.78, 5) is 22.5. The van der Waals surface area contributed by atoms with Crippen molar-refractivity contribution in [3.63, 3.8) is 0 Å². The van der Waals surface area contributed by atoms with Gasteiger partial charge in [-0.3, -0.25) is 9.59 Å². The van der Waals surface area contributed by atoms with Crippen LogP contribution < -0.4 is 10.3 Å². The molecule has 20 heavy (non-hydrogen) atoms. The van der Waals surface area contributed by atoms with Crippen molar-refractivity contribution >= 4 is 5.97 Å². The molecule has 112 valence electrons. The van der Waals surface area contributed by atoms with Crippen LogP contribution in [-0.2, 0) is 11.3 Å². The quantitative estimate of drug-likeness (QED) is 0.706. The van der Waals surface area contributed by atoms with Crippen LogP contribution in [-0.4, -0.2) is 22.2 Å². The molecule has 0 aliphatic heterocycles. The van der Waals surface area contributed by atoms with E-state index in [1.807, 2.05) is 0 Å². The molecule has 1 aromatic heterocycles. The number of hydrogen-bond acceptors (Lipinski definition) is 3. The van der Waals surface area contributed by atoms with Crippen LogP contribution in [0, 0.1) is 5.92 Å². The third kappa shape index (κ3) is 5.91. The van der Waals surface area contributed by atoms with Gasteiger partial charge in [0, 0.05) is 19.2 Å². The van der Waals surface area contributed by atoms with E-state index in [1.165, 1.54) is 0 Å². The molecule has 0 spiro atoms. The fourth-order valence-electron chi connectivity index (χ4n) is 1.76. The molecule has 0 radical (unpaired) electrons. The molecular formula is C15H23NO4. The SMILES string of the molecule is CC(C)CCOc1cccn(CCCCC(=O)O)c1=O. The molecule has 5 nitrogen and oxygen atoms in total. The third-order valence-corrected chi connectivity index (χ3v) is 2.98. The van der Waals surface area contributed by atoms with Crippen molar-refractivity contribution in [3.05, 3.63) is 28.7 Å². The zero-order chi connectivity index (χ0) is 15.0. The van der Waals surface area contributed by atoms with E-state index in [0.717, 1.165) is 6.42 Å². The predicted molar refractivity (Wildman–Crippen MR) is 77.1 cm³/mol. The summed E-state index contributed by atoms with van der Waals surface area (Å²) >= 11 is 0. The average molecular weight is 281 g/mol. The van der Waals surface area contributed by atoms with Gasteiger partial charge in [-0.1, -0.05) is 13.8 Å². The number of carboxylic acids is 1. The lowest BCUT2D eigenvalue weighted by atomic mass is 10.1. The van der Waals surface area contributed by atoms with E-state index in [-0.39, 0.29) is 12.0 Å². The van der Waals surface area contributed by atoms with Crippen molar-refractivity contribution in [3.8, 4) is 5.75 Å². The van der Waals surface area contributed by atoms with Crippen LogP contribution in [0.2, 0.25) is 0 Å². The minimum atomic E-state index is -0.803. The minimum absolute atomic E-state index is 0.138. The Balaban J connectivity index is 2.51. The summed E-state index contributed by atoms with van der Waals surface area (Å²) in [5.74, 6) is 0.103. The molecule has 0 amide bonds. The van der Waals surface area contributed by atoms with Crippen molar-refractivity contribution in [1.29, 1.82) is 0 Å². The number of aliphatic carboxylic acids is 1. The molecular weight excluding hydrogens is 258 g/mol. The first-order chi connectivity index (χ1) is 9.50. The molecule has 0 aromatic carbocycles.